The number of aromatic nitrogens is 1. The third kappa shape index (κ3) is 4.03. The van der Waals surface area contributed by atoms with Crippen LogP contribution < -0.4 is 5.73 Å². The molecule has 0 radical (unpaired) electrons. The normalized spacial score (nSPS) is 13.8. The van der Waals surface area contributed by atoms with Crippen LogP contribution in [0.15, 0.2) is 18.5 Å². The summed E-state index contributed by atoms with van der Waals surface area (Å²) in [6, 6.07) is 1.45. The molecule has 1 unspecified atom stereocenters. The van der Waals surface area contributed by atoms with Crippen molar-refractivity contribution in [1.82, 2.24) is 4.98 Å². The zero-order valence-corrected chi connectivity index (χ0v) is 8.24. The van der Waals surface area contributed by atoms with Crippen molar-refractivity contribution in [2.75, 3.05) is 18.9 Å². The van der Waals surface area contributed by atoms with E-state index in [4.69, 9.17) is 5.73 Å². The highest BCUT2D eigenvalue weighted by molar-refractivity contribution is 5.45. The Bertz CT molecular complexity index is 344. The number of anilines is 1. The van der Waals surface area contributed by atoms with Crippen LogP contribution in [0, 0.1) is 0 Å². The van der Waals surface area contributed by atoms with Gasteiger partial charge in [0.2, 0.25) is 0 Å². The highest BCUT2D eigenvalue weighted by Gasteiger charge is 2.28. The SMILES string of the molecule is Nc1ccncc1C(O)COCC(F)(F)F. The van der Waals surface area contributed by atoms with Crippen LogP contribution in [-0.2, 0) is 4.74 Å². The molecule has 0 aliphatic rings. The molecular formula is C9H11F3N2O2. The Morgan fingerprint density at radius 2 is 2.19 bits per heavy atom. The van der Waals surface area contributed by atoms with Gasteiger partial charge in [-0.2, -0.15) is 13.2 Å². The molecule has 1 heterocycles. The molecule has 3 N–H and O–H groups in total. The maximum atomic E-state index is 11.7. The van der Waals surface area contributed by atoms with Gasteiger partial charge in [-0.25, -0.2) is 0 Å². The second-order valence-electron chi connectivity index (χ2n) is 3.15. The summed E-state index contributed by atoms with van der Waals surface area (Å²) in [7, 11) is 0. The smallest absolute Gasteiger partial charge is 0.398 e. The van der Waals surface area contributed by atoms with Gasteiger partial charge in [-0.1, -0.05) is 0 Å². The van der Waals surface area contributed by atoms with E-state index in [0.29, 0.717) is 0 Å². The lowest BCUT2D eigenvalue weighted by molar-refractivity contribution is -0.179. The minimum atomic E-state index is -4.40. The fourth-order valence-electron chi connectivity index (χ4n) is 1.07. The number of nitrogens with two attached hydrogens (primary N) is 1. The third-order valence-electron chi connectivity index (χ3n) is 1.79. The first-order valence-electron chi connectivity index (χ1n) is 4.42. The largest absolute Gasteiger partial charge is 0.411 e. The van der Waals surface area contributed by atoms with Crippen molar-refractivity contribution in [1.29, 1.82) is 0 Å². The molecule has 1 aromatic heterocycles. The molecule has 90 valence electrons. The average Bonchev–Trinajstić information content (AvgIpc) is 2.16. The Morgan fingerprint density at radius 3 is 2.75 bits per heavy atom. The van der Waals surface area contributed by atoms with E-state index in [1.807, 2.05) is 0 Å². The van der Waals surface area contributed by atoms with Gasteiger partial charge >= 0.3 is 6.18 Å². The second kappa shape index (κ2) is 5.13. The topological polar surface area (TPSA) is 68.4 Å². The molecule has 1 atom stereocenters. The monoisotopic (exact) mass is 236 g/mol. The van der Waals surface area contributed by atoms with Gasteiger partial charge < -0.3 is 15.6 Å². The summed E-state index contributed by atoms with van der Waals surface area (Å²) < 4.78 is 39.5. The molecular weight excluding hydrogens is 225 g/mol. The standard InChI is InChI=1S/C9H11F3N2O2/c10-9(11,12)5-16-4-8(15)6-3-14-2-1-7(6)13/h1-3,8,15H,4-5H2,(H2,13,14). The molecule has 0 saturated heterocycles. The minimum absolute atomic E-state index is 0.254. The second-order valence-corrected chi connectivity index (χ2v) is 3.15. The first kappa shape index (κ1) is 12.7. The van der Waals surface area contributed by atoms with E-state index in [0.717, 1.165) is 0 Å². The Morgan fingerprint density at radius 1 is 1.50 bits per heavy atom. The Labute approximate surface area is 89.9 Å². The predicted molar refractivity (Wildman–Crippen MR) is 50.5 cm³/mol. The number of pyridine rings is 1. The first-order chi connectivity index (χ1) is 7.40. The molecule has 0 aliphatic heterocycles. The van der Waals surface area contributed by atoms with Crippen molar-refractivity contribution < 1.29 is 23.0 Å². The number of aliphatic hydroxyl groups excluding tert-OH is 1. The quantitative estimate of drug-likeness (QED) is 0.826. The van der Waals surface area contributed by atoms with Crippen LogP contribution in [0.2, 0.25) is 0 Å². The first-order valence-corrected chi connectivity index (χ1v) is 4.42. The summed E-state index contributed by atoms with van der Waals surface area (Å²) >= 11 is 0. The third-order valence-corrected chi connectivity index (χ3v) is 1.79. The zero-order valence-electron chi connectivity index (χ0n) is 8.24. The van der Waals surface area contributed by atoms with Crippen molar-refractivity contribution in [3.8, 4) is 0 Å². The molecule has 1 aromatic rings. The lowest BCUT2D eigenvalue weighted by atomic mass is 10.1. The molecule has 0 amide bonds. The maximum Gasteiger partial charge on any atom is 0.411 e. The van der Waals surface area contributed by atoms with Gasteiger partial charge in [0.1, 0.15) is 12.7 Å². The van der Waals surface area contributed by atoms with E-state index >= 15 is 0 Å². The van der Waals surface area contributed by atoms with Crippen LogP contribution >= 0.6 is 0 Å². The van der Waals surface area contributed by atoms with Gasteiger partial charge in [0.25, 0.3) is 0 Å². The van der Waals surface area contributed by atoms with E-state index in [9.17, 15) is 18.3 Å². The molecule has 0 spiro atoms. The van der Waals surface area contributed by atoms with Crippen LogP contribution in [-0.4, -0.2) is 29.5 Å². The van der Waals surface area contributed by atoms with Crippen LogP contribution in [0.4, 0.5) is 18.9 Å². The zero-order chi connectivity index (χ0) is 12.2. The van der Waals surface area contributed by atoms with Crippen LogP contribution in [0.1, 0.15) is 11.7 Å². The fraction of sp³-hybridized carbons (Fsp3) is 0.444. The molecule has 0 fully saturated rings. The van der Waals surface area contributed by atoms with Gasteiger partial charge in [-0.05, 0) is 6.07 Å². The van der Waals surface area contributed by atoms with Crippen LogP contribution in [0.25, 0.3) is 0 Å². The number of aliphatic hydroxyl groups is 1. The molecule has 4 nitrogen and oxygen atoms in total. The van der Waals surface area contributed by atoms with Crippen molar-refractivity contribution in [2.45, 2.75) is 12.3 Å². The number of rotatable bonds is 4. The fourth-order valence-corrected chi connectivity index (χ4v) is 1.07. The number of alkyl halides is 3. The molecule has 0 aliphatic carbocycles. The van der Waals surface area contributed by atoms with Gasteiger partial charge in [-0.3, -0.25) is 4.98 Å². The number of hydrogen-bond acceptors (Lipinski definition) is 4. The Kier molecular flexibility index (Phi) is 4.08. The van der Waals surface area contributed by atoms with Crippen molar-refractivity contribution in [3.63, 3.8) is 0 Å². The lowest BCUT2D eigenvalue weighted by Crippen LogP contribution is -2.20. The van der Waals surface area contributed by atoms with E-state index in [1.165, 1.54) is 18.5 Å². The minimum Gasteiger partial charge on any atom is -0.398 e. The lowest BCUT2D eigenvalue weighted by Gasteiger charge is -2.14. The van der Waals surface area contributed by atoms with E-state index < -0.39 is 25.5 Å². The number of nitrogen functional groups attached to an aromatic ring is 1. The Hall–Kier alpha value is -1.34. The van der Waals surface area contributed by atoms with Gasteiger partial charge in [0.15, 0.2) is 0 Å². The van der Waals surface area contributed by atoms with Crippen LogP contribution in [0.5, 0.6) is 0 Å². The molecule has 7 heteroatoms. The van der Waals surface area contributed by atoms with E-state index in [2.05, 4.69) is 9.72 Å². The molecule has 0 aromatic carbocycles. The van der Waals surface area contributed by atoms with Crippen molar-refractivity contribution in [3.05, 3.63) is 24.0 Å². The van der Waals surface area contributed by atoms with Gasteiger partial charge in [-0.15, -0.1) is 0 Å². The Balaban J connectivity index is 2.47. The number of hydrogen-bond donors (Lipinski definition) is 2. The van der Waals surface area contributed by atoms with Gasteiger partial charge in [0, 0.05) is 23.6 Å². The molecule has 1 rings (SSSR count). The molecule has 0 bridgehead atoms. The highest BCUT2D eigenvalue weighted by Crippen LogP contribution is 2.20. The summed E-state index contributed by atoms with van der Waals surface area (Å²) in [6.45, 7) is -1.88. The van der Waals surface area contributed by atoms with Crippen LogP contribution in [0.3, 0.4) is 0 Å². The maximum absolute atomic E-state index is 11.7. The van der Waals surface area contributed by atoms with Crippen molar-refractivity contribution >= 4 is 5.69 Å². The summed E-state index contributed by atoms with van der Waals surface area (Å²) in [5.41, 5.74) is 6.02. The summed E-state index contributed by atoms with van der Waals surface area (Å²) in [4.78, 5) is 3.71. The number of ether oxygens (including phenoxy) is 1. The summed E-state index contributed by atoms with van der Waals surface area (Å²) in [5, 5.41) is 9.49. The van der Waals surface area contributed by atoms with Gasteiger partial charge in [0.05, 0.1) is 6.61 Å². The van der Waals surface area contributed by atoms with E-state index in [-0.39, 0.29) is 11.3 Å². The predicted octanol–water partition coefficient (Wildman–Crippen LogP) is 1.28. The average molecular weight is 236 g/mol. The molecule has 0 saturated carbocycles. The highest BCUT2D eigenvalue weighted by atomic mass is 19.4. The number of nitrogens with zero attached hydrogens (tertiary/aromatic N) is 1. The van der Waals surface area contributed by atoms with E-state index in [1.54, 1.807) is 0 Å². The summed E-state index contributed by atoms with van der Waals surface area (Å²) in [6.07, 6.45) is -2.91. The number of halogens is 3. The summed E-state index contributed by atoms with van der Waals surface area (Å²) in [5.74, 6) is 0. The van der Waals surface area contributed by atoms with Crippen molar-refractivity contribution in [2.24, 2.45) is 0 Å². The molecule has 16 heavy (non-hydrogen) atoms.